The second-order valence-corrected chi connectivity index (χ2v) is 8.50. The molecule has 28 heavy (non-hydrogen) atoms. The average molecular weight is 409 g/mol. The number of hydrogen-bond donors (Lipinski definition) is 2. The highest BCUT2D eigenvalue weighted by molar-refractivity contribution is 7.23. The maximum atomic E-state index is 12.5. The third-order valence-corrected chi connectivity index (χ3v) is 5.67. The minimum Gasteiger partial charge on any atom is -0.494 e. The monoisotopic (exact) mass is 408 g/mol. The van der Waals surface area contributed by atoms with Crippen LogP contribution in [0.1, 0.15) is 20.3 Å². The third kappa shape index (κ3) is 4.84. The van der Waals surface area contributed by atoms with E-state index in [0.717, 1.165) is 29.0 Å². The highest BCUT2D eigenvalue weighted by Gasteiger charge is 2.21. The number of nitrogens with zero attached hydrogens (tertiary/aromatic N) is 3. The molecule has 0 aliphatic carbocycles. The van der Waals surface area contributed by atoms with E-state index in [1.165, 1.54) is 11.3 Å². The van der Waals surface area contributed by atoms with Crippen molar-refractivity contribution in [2.75, 3.05) is 57.2 Å². The molecule has 8 nitrogen and oxygen atoms in total. The Morgan fingerprint density at radius 3 is 2.79 bits per heavy atom. The highest BCUT2D eigenvalue weighted by Crippen LogP contribution is 2.39. The molecule has 2 amide bonds. The van der Waals surface area contributed by atoms with E-state index in [9.17, 15) is 9.90 Å². The van der Waals surface area contributed by atoms with E-state index >= 15 is 0 Å². The van der Waals surface area contributed by atoms with E-state index in [1.807, 2.05) is 12.1 Å². The molecule has 3 rings (SSSR count). The SMILES string of the molecule is COc1ccc(N2CCOCC2)c2sc(NC(=O)N(C)CCC(C)(C)O)nc12. The van der Waals surface area contributed by atoms with Crippen molar-refractivity contribution >= 4 is 38.4 Å². The molecule has 2 aromatic rings. The fourth-order valence-corrected chi connectivity index (χ4v) is 3.98. The summed E-state index contributed by atoms with van der Waals surface area (Å²) in [7, 11) is 3.32. The number of urea groups is 1. The number of nitrogens with one attached hydrogen (secondary N) is 1. The van der Waals surface area contributed by atoms with Crippen LogP contribution in [0.5, 0.6) is 5.75 Å². The fraction of sp³-hybridized carbons (Fsp3) is 0.579. The summed E-state index contributed by atoms with van der Waals surface area (Å²) >= 11 is 1.43. The zero-order chi connectivity index (χ0) is 20.3. The van der Waals surface area contributed by atoms with Crippen molar-refractivity contribution < 1.29 is 19.4 Å². The Labute approximate surface area is 169 Å². The van der Waals surface area contributed by atoms with Gasteiger partial charge in [0, 0.05) is 26.7 Å². The van der Waals surface area contributed by atoms with Crippen molar-refractivity contribution in [3.05, 3.63) is 12.1 Å². The molecule has 1 aromatic carbocycles. The Kier molecular flexibility index (Phi) is 6.26. The first-order valence-electron chi connectivity index (χ1n) is 9.33. The number of anilines is 2. The number of carbonyl (C=O) groups is 1. The summed E-state index contributed by atoms with van der Waals surface area (Å²) in [5, 5.41) is 13.2. The Bertz CT molecular complexity index is 827. The number of methoxy groups -OCH3 is 1. The van der Waals surface area contributed by atoms with Gasteiger partial charge in [-0.1, -0.05) is 11.3 Å². The summed E-state index contributed by atoms with van der Waals surface area (Å²) in [5.74, 6) is 0.680. The average Bonchev–Trinajstić information content (AvgIpc) is 3.08. The van der Waals surface area contributed by atoms with Crippen LogP contribution in [0.4, 0.5) is 15.6 Å². The van der Waals surface area contributed by atoms with Crippen LogP contribution in [0.25, 0.3) is 10.2 Å². The molecule has 1 aliphatic rings. The molecule has 0 atom stereocenters. The number of benzene rings is 1. The first-order chi connectivity index (χ1) is 13.3. The summed E-state index contributed by atoms with van der Waals surface area (Å²) < 4.78 is 11.9. The van der Waals surface area contributed by atoms with E-state index in [4.69, 9.17) is 9.47 Å². The van der Waals surface area contributed by atoms with Crippen molar-refractivity contribution in [1.82, 2.24) is 9.88 Å². The van der Waals surface area contributed by atoms with Crippen LogP contribution in [-0.4, -0.2) is 73.6 Å². The number of morpholine rings is 1. The van der Waals surface area contributed by atoms with Gasteiger partial charge in [0.05, 0.1) is 36.3 Å². The molecule has 0 saturated carbocycles. The summed E-state index contributed by atoms with van der Waals surface area (Å²) in [6.45, 7) is 6.94. The van der Waals surface area contributed by atoms with Crippen LogP contribution >= 0.6 is 11.3 Å². The van der Waals surface area contributed by atoms with Crippen LogP contribution in [0, 0.1) is 0 Å². The molecule has 0 radical (unpaired) electrons. The first kappa shape index (κ1) is 20.6. The number of amides is 2. The van der Waals surface area contributed by atoms with E-state index < -0.39 is 5.60 Å². The van der Waals surface area contributed by atoms with Crippen molar-refractivity contribution in [2.45, 2.75) is 25.9 Å². The summed E-state index contributed by atoms with van der Waals surface area (Å²) in [6.07, 6.45) is 0.492. The molecule has 1 aromatic heterocycles. The molecule has 2 heterocycles. The third-order valence-electron chi connectivity index (χ3n) is 4.68. The predicted molar refractivity (Wildman–Crippen MR) is 112 cm³/mol. The number of carbonyl (C=O) groups excluding carboxylic acids is 1. The standard InChI is InChI=1S/C19H28N4O4S/c1-19(2,25)7-8-22(3)18(24)21-17-20-15-14(26-4)6-5-13(16(15)28-17)23-9-11-27-12-10-23/h5-6,25H,7-12H2,1-4H3,(H,20,21,24). The smallest absolute Gasteiger partial charge is 0.323 e. The van der Waals surface area contributed by atoms with Crippen LogP contribution < -0.4 is 15.0 Å². The molecular weight excluding hydrogens is 380 g/mol. The van der Waals surface area contributed by atoms with Crippen molar-refractivity contribution in [2.24, 2.45) is 0 Å². The van der Waals surface area contributed by atoms with Gasteiger partial charge < -0.3 is 24.4 Å². The number of hydrogen-bond acceptors (Lipinski definition) is 7. The molecular formula is C19H28N4O4S. The van der Waals surface area contributed by atoms with Gasteiger partial charge in [-0.2, -0.15) is 0 Å². The molecule has 0 unspecified atom stereocenters. The number of ether oxygens (including phenoxy) is 2. The molecule has 2 N–H and O–H groups in total. The lowest BCUT2D eigenvalue weighted by atomic mass is 10.1. The Hall–Kier alpha value is -2.10. The van der Waals surface area contributed by atoms with Crippen LogP contribution in [0.15, 0.2) is 12.1 Å². The summed E-state index contributed by atoms with van der Waals surface area (Å²) in [4.78, 5) is 20.9. The lowest BCUT2D eigenvalue weighted by molar-refractivity contribution is 0.0643. The van der Waals surface area contributed by atoms with E-state index in [1.54, 1.807) is 32.9 Å². The van der Waals surface area contributed by atoms with Crippen molar-refractivity contribution in [3.8, 4) is 5.75 Å². The predicted octanol–water partition coefficient (Wildman–Crippen LogP) is 2.77. The normalized spacial score (nSPS) is 15.0. The topological polar surface area (TPSA) is 87.2 Å². The molecule has 1 aliphatic heterocycles. The summed E-state index contributed by atoms with van der Waals surface area (Å²) in [6, 6.07) is 3.69. The van der Waals surface area contributed by atoms with Gasteiger partial charge >= 0.3 is 6.03 Å². The molecule has 9 heteroatoms. The van der Waals surface area contributed by atoms with Crippen LogP contribution in [0.2, 0.25) is 0 Å². The molecule has 0 spiro atoms. The Morgan fingerprint density at radius 1 is 1.43 bits per heavy atom. The Balaban J connectivity index is 1.81. The van der Waals surface area contributed by atoms with Gasteiger partial charge in [-0.25, -0.2) is 9.78 Å². The molecule has 154 valence electrons. The van der Waals surface area contributed by atoms with E-state index in [2.05, 4.69) is 15.2 Å². The van der Waals surface area contributed by atoms with Crippen LogP contribution in [0.3, 0.4) is 0 Å². The van der Waals surface area contributed by atoms with Crippen LogP contribution in [-0.2, 0) is 4.74 Å². The lowest BCUT2D eigenvalue weighted by Gasteiger charge is -2.29. The first-order valence-corrected chi connectivity index (χ1v) is 10.1. The van der Waals surface area contributed by atoms with Gasteiger partial charge in [0.25, 0.3) is 0 Å². The number of aromatic nitrogens is 1. The fourth-order valence-electron chi connectivity index (χ4n) is 2.97. The highest BCUT2D eigenvalue weighted by atomic mass is 32.1. The minimum absolute atomic E-state index is 0.254. The quantitative estimate of drug-likeness (QED) is 0.764. The van der Waals surface area contributed by atoms with Gasteiger partial charge in [-0.15, -0.1) is 0 Å². The number of fused-ring (bicyclic) bond motifs is 1. The van der Waals surface area contributed by atoms with Gasteiger partial charge in [-0.05, 0) is 32.4 Å². The van der Waals surface area contributed by atoms with Gasteiger partial charge in [0.2, 0.25) is 0 Å². The van der Waals surface area contributed by atoms with Gasteiger partial charge in [-0.3, -0.25) is 5.32 Å². The molecule has 1 fully saturated rings. The van der Waals surface area contributed by atoms with Crippen molar-refractivity contribution in [1.29, 1.82) is 0 Å². The van der Waals surface area contributed by atoms with Crippen molar-refractivity contribution in [3.63, 3.8) is 0 Å². The van der Waals surface area contributed by atoms with Gasteiger partial charge in [0.15, 0.2) is 5.13 Å². The lowest BCUT2D eigenvalue weighted by Crippen LogP contribution is -2.36. The maximum Gasteiger partial charge on any atom is 0.323 e. The number of rotatable bonds is 6. The van der Waals surface area contributed by atoms with Gasteiger partial charge in [0.1, 0.15) is 11.3 Å². The maximum absolute atomic E-state index is 12.5. The zero-order valence-electron chi connectivity index (χ0n) is 16.8. The largest absolute Gasteiger partial charge is 0.494 e. The Morgan fingerprint density at radius 2 is 2.14 bits per heavy atom. The van der Waals surface area contributed by atoms with E-state index in [0.29, 0.717) is 37.1 Å². The zero-order valence-corrected chi connectivity index (χ0v) is 17.6. The minimum atomic E-state index is -0.815. The summed E-state index contributed by atoms with van der Waals surface area (Å²) in [5.41, 5.74) is 1.00. The second kappa shape index (κ2) is 8.50. The second-order valence-electron chi connectivity index (χ2n) is 7.50. The van der Waals surface area contributed by atoms with E-state index in [-0.39, 0.29) is 6.03 Å². The number of thiazole rings is 1. The molecule has 0 bridgehead atoms. The number of aliphatic hydroxyl groups is 1. The molecule has 1 saturated heterocycles.